The molecule has 1 amide bonds. The van der Waals surface area contributed by atoms with E-state index < -0.39 is 0 Å². The molecule has 2 heterocycles. The van der Waals surface area contributed by atoms with Crippen molar-refractivity contribution in [2.45, 2.75) is 25.3 Å². The summed E-state index contributed by atoms with van der Waals surface area (Å²) in [5.41, 5.74) is 5.66. The molecule has 1 N–H and O–H groups in total. The Kier molecular flexibility index (Phi) is 5.78. The molecule has 4 aromatic rings. The fraction of sp³-hybridized carbons (Fsp3) is 0.250. The van der Waals surface area contributed by atoms with Crippen LogP contribution in [0.1, 0.15) is 34.6 Å². The highest BCUT2D eigenvalue weighted by atomic mass is 16.5. The number of hydrogen-bond donors (Lipinski definition) is 1. The number of aromatic amines is 1. The van der Waals surface area contributed by atoms with Gasteiger partial charge in [-0.1, -0.05) is 54.6 Å². The Bertz CT molecular complexity index is 1290. The summed E-state index contributed by atoms with van der Waals surface area (Å²) in [4.78, 5) is 19.0. The fourth-order valence-corrected chi connectivity index (χ4v) is 4.97. The summed E-state index contributed by atoms with van der Waals surface area (Å²) >= 11 is 0. The molecule has 0 fully saturated rings. The number of fused-ring (bicyclic) bond motifs is 2. The number of para-hydroxylation sites is 2. The van der Waals surface area contributed by atoms with Gasteiger partial charge < -0.3 is 19.4 Å². The van der Waals surface area contributed by atoms with E-state index in [1.165, 1.54) is 11.1 Å². The molecule has 5 heteroatoms. The topological polar surface area (TPSA) is 54.6 Å². The van der Waals surface area contributed by atoms with Gasteiger partial charge in [0.1, 0.15) is 0 Å². The van der Waals surface area contributed by atoms with Crippen molar-refractivity contribution in [3.63, 3.8) is 0 Å². The zero-order valence-electron chi connectivity index (χ0n) is 19.0. The summed E-state index contributed by atoms with van der Waals surface area (Å²) < 4.78 is 11.3. The van der Waals surface area contributed by atoms with E-state index in [1.54, 1.807) is 14.2 Å². The average Bonchev–Trinajstić information content (AvgIpc) is 3.30. The van der Waals surface area contributed by atoms with E-state index in [0.29, 0.717) is 24.5 Å². The lowest BCUT2D eigenvalue weighted by Gasteiger charge is -2.30. The summed E-state index contributed by atoms with van der Waals surface area (Å²) in [6, 6.07) is 22.5. The van der Waals surface area contributed by atoms with E-state index in [4.69, 9.17) is 9.47 Å². The third-order valence-corrected chi connectivity index (χ3v) is 6.67. The predicted molar refractivity (Wildman–Crippen MR) is 130 cm³/mol. The number of ether oxygens (including phenoxy) is 2. The highest BCUT2D eigenvalue weighted by Crippen LogP contribution is 2.42. The molecular formula is C28H28N2O3. The normalized spacial score (nSPS) is 14.1. The third kappa shape index (κ3) is 3.95. The van der Waals surface area contributed by atoms with Crippen molar-refractivity contribution in [3.8, 4) is 11.5 Å². The highest BCUT2D eigenvalue weighted by molar-refractivity contribution is 5.86. The first-order valence-corrected chi connectivity index (χ1v) is 11.3. The Hall–Kier alpha value is -3.73. The second kappa shape index (κ2) is 9.02. The minimum absolute atomic E-state index is 0.143. The molecule has 1 aromatic heterocycles. The number of nitrogens with zero attached hydrogens (tertiary/aromatic N) is 1. The molecule has 1 aliphatic heterocycles. The quantitative estimate of drug-likeness (QED) is 0.443. The van der Waals surface area contributed by atoms with Gasteiger partial charge in [0.05, 0.1) is 14.2 Å². The van der Waals surface area contributed by atoms with Gasteiger partial charge in [-0.05, 0) is 35.2 Å². The Morgan fingerprint density at radius 3 is 2.55 bits per heavy atom. The van der Waals surface area contributed by atoms with E-state index in [1.807, 2.05) is 47.5 Å². The van der Waals surface area contributed by atoms with Crippen LogP contribution in [-0.4, -0.2) is 36.6 Å². The van der Waals surface area contributed by atoms with E-state index in [2.05, 4.69) is 35.3 Å². The lowest BCUT2D eigenvalue weighted by molar-refractivity contribution is -0.132. The van der Waals surface area contributed by atoms with Crippen molar-refractivity contribution in [3.05, 3.63) is 95.2 Å². The standard InChI is InChI=1S/C28H28N2O3/c1-32-26-13-7-11-22(28(26)33-2)23(24-17-29-25-12-6-5-10-21(24)25)16-27(31)30-15-14-19-8-3-4-9-20(19)18-30/h3-13,17,23,29H,14-16,18H2,1-2H3. The van der Waals surface area contributed by atoms with Gasteiger partial charge in [0, 0.05) is 48.1 Å². The van der Waals surface area contributed by atoms with E-state index in [9.17, 15) is 4.79 Å². The summed E-state index contributed by atoms with van der Waals surface area (Å²) in [7, 11) is 3.29. The summed E-state index contributed by atoms with van der Waals surface area (Å²) in [5.74, 6) is 1.31. The van der Waals surface area contributed by atoms with Crippen molar-refractivity contribution in [2.24, 2.45) is 0 Å². The molecular weight excluding hydrogens is 412 g/mol. The maximum atomic E-state index is 13.6. The monoisotopic (exact) mass is 440 g/mol. The molecule has 0 radical (unpaired) electrons. The zero-order valence-corrected chi connectivity index (χ0v) is 19.0. The van der Waals surface area contributed by atoms with Crippen LogP contribution in [0.5, 0.6) is 11.5 Å². The van der Waals surface area contributed by atoms with Gasteiger partial charge in [-0.2, -0.15) is 0 Å². The smallest absolute Gasteiger partial charge is 0.223 e. The molecule has 168 valence electrons. The van der Waals surface area contributed by atoms with E-state index >= 15 is 0 Å². The molecule has 5 nitrogen and oxygen atoms in total. The van der Waals surface area contributed by atoms with Crippen molar-refractivity contribution in [1.29, 1.82) is 0 Å². The maximum Gasteiger partial charge on any atom is 0.223 e. The van der Waals surface area contributed by atoms with Crippen LogP contribution in [0, 0.1) is 0 Å². The van der Waals surface area contributed by atoms with E-state index in [0.717, 1.165) is 35.0 Å². The number of hydrogen-bond acceptors (Lipinski definition) is 3. The summed E-state index contributed by atoms with van der Waals surface area (Å²) in [6.45, 7) is 1.40. The van der Waals surface area contributed by atoms with Crippen LogP contribution in [0.25, 0.3) is 10.9 Å². The van der Waals surface area contributed by atoms with E-state index in [-0.39, 0.29) is 11.8 Å². The predicted octanol–water partition coefficient (Wildman–Crippen LogP) is 5.29. The van der Waals surface area contributed by atoms with Crippen LogP contribution in [0.4, 0.5) is 0 Å². The molecule has 1 aliphatic rings. The number of amides is 1. The summed E-state index contributed by atoms with van der Waals surface area (Å²) in [5, 5.41) is 1.11. The largest absolute Gasteiger partial charge is 0.493 e. The SMILES string of the molecule is COc1cccc(C(CC(=O)N2CCc3ccccc3C2)c2c[nH]c3ccccc23)c1OC. The lowest BCUT2D eigenvalue weighted by atomic mass is 9.86. The molecule has 5 rings (SSSR count). The number of carbonyl (C=O) groups is 1. The van der Waals surface area contributed by atoms with Gasteiger partial charge in [-0.15, -0.1) is 0 Å². The Morgan fingerprint density at radius 2 is 1.73 bits per heavy atom. The first kappa shape index (κ1) is 21.1. The minimum atomic E-state index is -0.170. The molecule has 1 unspecified atom stereocenters. The third-order valence-electron chi connectivity index (χ3n) is 6.67. The molecule has 33 heavy (non-hydrogen) atoms. The van der Waals surface area contributed by atoms with Crippen LogP contribution < -0.4 is 9.47 Å². The first-order chi connectivity index (χ1) is 16.2. The average molecular weight is 441 g/mol. The van der Waals surface area contributed by atoms with Gasteiger partial charge >= 0.3 is 0 Å². The maximum absolute atomic E-state index is 13.6. The number of benzene rings is 3. The molecule has 0 saturated heterocycles. The zero-order chi connectivity index (χ0) is 22.8. The number of nitrogens with one attached hydrogen (secondary N) is 1. The summed E-state index contributed by atoms with van der Waals surface area (Å²) in [6.07, 6.45) is 3.27. The van der Waals surface area contributed by atoms with Crippen LogP contribution in [-0.2, 0) is 17.8 Å². The van der Waals surface area contributed by atoms with Crippen molar-refractivity contribution < 1.29 is 14.3 Å². The van der Waals surface area contributed by atoms with Gasteiger partial charge in [0.2, 0.25) is 5.91 Å². The molecule has 1 atom stereocenters. The van der Waals surface area contributed by atoms with Crippen molar-refractivity contribution in [1.82, 2.24) is 9.88 Å². The second-order valence-electron chi connectivity index (χ2n) is 8.46. The minimum Gasteiger partial charge on any atom is -0.493 e. The lowest BCUT2D eigenvalue weighted by Crippen LogP contribution is -2.36. The van der Waals surface area contributed by atoms with Crippen LogP contribution in [0.3, 0.4) is 0 Å². The molecule has 3 aromatic carbocycles. The molecule has 0 aliphatic carbocycles. The number of carbonyl (C=O) groups excluding carboxylic acids is 1. The van der Waals surface area contributed by atoms with Gasteiger partial charge in [0.15, 0.2) is 11.5 Å². The fourth-order valence-electron chi connectivity index (χ4n) is 4.97. The van der Waals surface area contributed by atoms with Crippen molar-refractivity contribution in [2.75, 3.05) is 20.8 Å². The van der Waals surface area contributed by atoms with Gasteiger partial charge in [-0.3, -0.25) is 4.79 Å². The van der Waals surface area contributed by atoms with Crippen molar-refractivity contribution >= 4 is 16.8 Å². The molecule has 0 bridgehead atoms. The number of methoxy groups -OCH3 is 2. The van der Waals surface area contributed by atoms with Crippen LogP contribution in [0.15, 0.2) is 72.9 Å². The second-order valence-corrected chi connectivity index (χ2v) is 8.46. The Balaban J connectivity index is 1.53. The van der Waals surface area contributed by atoms with Gasteiger partial charge in [-0.25, -0.2) is 0 Å². The molecule has 0 saturated carbocycles. The highest BCUT2D eigenvalue weighted by Gasteiger charge is 2.29. The number of aromatic nitrogens is 1. The van der Waals surface area contributed by atoms with Gasteiger partial charge in [0.25, 0.3) is 0 Å². The Labute approximate surface area is 193 Å². The van der Waals surface area contributed by atoms with Crippen LogP contribution >= 0.6 is 0 Å². The first-order valence-electron chi connectivity index (χ1n) is 11.3. The number of H-pyrrole nitrogens is 1. The number of rotatable bonds is 6. The molecule has 0 spiro atoms. The van der Waals surface area contributed by atoms with Crippen LogP contribution in [0.2, 0.25) is 0 Å². The Morgan fingerprint density at radius 1 is 0.939 bits per heavy atom.